The molecule has 0 aliphatic heterocycles. The summed E-state index contributed by atoms with van der Waals surface area (Å²) < 4.78 is 14.0. The minimum Gasteiger partial charge on any atom is -0.481 e. The van der Waals surface area contributed by atoms with Crippen LogP contribution in [0, 0.1) is 5.82 Å². The van der Waals surface area contributed by atoms with Gasteiger partial charge < -0.3 is 5.11 Å². The van der Waals surface area contributed by atoms with Gasteiger partial charge in [-0.15, -0.1) is 0 Å². The Morgan fingerprint density at radius 3 is 2.21 bits per heavy atom. The predicted octanol–water partition coefficient (Wildman–Crippen LogP) is 4.43. The summed E-state index contributed by atoms with van der Waals surface area (Å²) in [5, 5.41) is 9.44. The fourth-order valence-corrected chi connectivity index (χ4v) is 2.48. The topological polar surface area (TPSA) is 37.3 Å². The summed E-state index contributed by atoms with van der Waals surface area (Å²) in [5.41, 5.74) is 0.795. The number of carboxylic acid groups (broad SMARTS) is 1. The van der Waals surface area contributed by atoms with Crippen LogP contribution in [0.2, 0.25) is 10.0 Å². The molecule has 2 nitrogen and oxygen atoms in total. The molecule has 5 heteroatoms. The summed E-state index contributed by atoms with van der Waals surface area (Å²) in [6, 6.07) is 9.07. The van der Waals surface area contributed by atoms with Gasteiger partial charge in [-0.05, 0) is 23.8 Å². The molecule has 1 N–H and O–H groups in total. The van der Waals surface area contributed by atoms with Crippen LogP contribution in [0.3, 0.4) is 0 Å². The fourth-order valence-electron chi connectivity index (χ4n) is 1.90. The van der Waals surface area contributed by atoms with E-state index in [2.05, 4.69) is 0 Å². The van der Waals surface area contributed by atoms with Crippen molar-refractivity contribution in [2.24, 2.45) is 0 Å². The highest BCUT2D eigenvalue weighted by molar-refractivity contribution is 6.39. The molecule has 0 fully saturated rings. The third-order valence-electron chi connectivity index (χ3n) is 2.65. The number of rotatable bonds is 3. The molecule has 2 rings (SSSR count). The maximum atomic E-state index is 14.0. The van der Waals surface area contributed by atoms with Crippen LogP contribution in [0.4, 0.5) is 4.39 Å². The van der Waals surface area contributed by atoms with Crippen molar-refractivity contribution < 1.29 is 14.3 Å². The number of carboxylic acids is 1. The van der Waals surface area contributed by atoms with E-state index in [4.69, 9.17) is 28.3 Å². The van der Waals surface area contributed by atoms with E-state index < -0.39 is 11.8 Å². The molecule has 0 unspecified atom stereocenters. The van der Waals surface area contributed by atoms with Crippen LogP contribution in [0.5, 0.6) is 0 Å². The lowest BCUT2D eigenvalue weighted by Crippen LogP contribution is -2.03. The van der Waals surface area contributed by atoms with Crippen LogP contribution in [0.25, 0.3) is 11.1 Å². The van der Waals surface area contributed by atoms with Gasteiger partial charge in [0.25, 0.3) is 0 Å². The number of halogens is 3. The Kier molecular flexibility index (Phi) is 4.08. The molecule has 0 bridgehead atoms. The Morgan fingerprint density at radius 1 is 1.05 bits per heavy atom. The second-order valence-electron chi connectivity index (χ2n) is 3.94. The predicted molar refractivity (Wildman–Crippen MR) is 73.2 cm³/mol. The lowest BCUT2D eigenvalue weighted by atomic mass is 9.97. The summed E-state index contributed by atoms with van der Waals surface area (Å²) in [6.45, 7) is 0. The van der Waals surface area contributed by atoms with Crippen molar-refractivity contribution in [2.45, 2.75) is 6.42 Å². The first kappa shape index (κ1) is 13.8. The highest BCUT2D eigenvalue weighted by Gasteiger charge is 2.18. The normalized spacial score (nSPS) is 10.5. The van der Waals surface area contributed by atoms with Gasteiger partial charge in [0.2, 0.25) is 0 Å². The molecule has 0 aliphatic carbocycles. The van der Waals surface area contributed by atoms with E-state index in [0.717, 1.165) is 0 Å². The first-order valence-electron chi connectivity index (χ1n) is 5.44. The zero-order chi connectivity index (χ0) is 14.0. The van der Waals surface area contributed by atoms with Gasteiger partial charge in [0.05, 0.1) is 16.5 Å². The second kappa shape index (κ2) is 5.59. The molecule has 0 aliphatic rings. The molecule has 0 atom stereocenters. The molecule has 0 saturated heterocycles. The highest BCUT2D eigenvalue weighted by atomic mass is 35.5. The van der Waals surface area contributed by atoms with E-state index in [9.17, 15) is 9.18 Å². The summed E-state index contributed by atoms with van der Waals surface area (Å²) in [7, 11) is 0. The smallest absolute Gasteiger partial charge is 0.307 e. The average Bonchev–Trinajstić information content (AvgIpc) is 2.31. The van der Waals surface area contributed by atoms with Crippen LogP contribution < -0.4 is 0 Å². The van der Waals surface area contributed by atoms with E-state index in [0.29, 0.717) is 11.1 Å². The molecule has 0 spiro atoms. The molecular formula is C14H9Cl2FO2. The maximum Gasteiger partial charge on any atom is 0.307 e. The minimum absolute atomic E-state index is 0.139. The number of aliphatic carboxylic acids is 1. The minimum atomic E-state index is -1.05. The van der Waals surface area contributed by atoms with Crippen molar-refractivity contribution >= 4 is 29.2 Å². The van der Waals surface area contributed by atoms with E-state index in [-0.39, 0.29) is 22.0 Å². The summed E-state index contributed by atoms with van der Waals surface area (Å²) in [4.78, 5) is 10.8. The highest BCUT2D eigenvalue weighted by Crippen LogP contribution is 2.38. The van der Waals surface area contributed by atoms with Crippen LogP contribution in [0.15, 0.2) is 36.4 Å². The largest absolute Gasteiger partial charge is 0.481 e. The Balaban J connectivity index is 2.70. The van der Waals surface area contributed by atoms with E-state index in [1.54, 1.807) is 24.3 Å². The zero-order valence-electron chi connectivity index (χ0n) is 9.66. The van der Waals surface area contributed by atoms with Crippen LogP contribution in [0.1, 0.15) is 5.56 Å². The van der Waals surface area contributed by atoms with Crippen molar-refractivity contribution in [2.75, 3.05) is 0 Å². The first-order valence-corrected chi connectivity index (χ1v) is 6.20. The summed E-state index contributed by atoms with van der Waals surface area (Å²) in [5.74, 6) is -1.59. The summed E-state index contributed by atoms with van der Waals surface area (Å²) >= 11 is 12.1. The SMILES string of the molecule is O=C(O)Cc1cccc(F)c1-c1c(Cl)cccc1Cl. The third kappa shape index (κ3) is 2.88. The first-order chi connectivity index (χ1) is 9.00. The van der Waals surface area contributed by atoms with E-state index in [1.807, 2.05) is 0 Å². The van der Waals surface area contributed by atoms with Gasteiger partial charge in [-0.25, -0.2) is 4.39 Å². The van der Waals surface area contributed by atoms with Crippen LogP contribution in [-0.2, 0) is 11.2 Å². The van der Waals surface area contributed by atoms with Gasteiger partial charge in [-0.2, -0.15) is 0 Å². The lowest BCUT2D eigenvalue weighted by Gasteiger charge is -2.12. The molecular weight excluding hydrogens is 290 g/mol. The number of benzene rings is 2. The van der Waals surface area contributed by atoms with Gasteiger partial charge in [0, 0.05) is 11.1 Å². The molecule has 2 aromatic rings. The van der Waals surface area contributed by atoms with Crippen molar-refractivity contribution in [3.05, 3.63) is 57.8 Å². The Bertz CT molecular complexity index is 621. The monoisotopic (exact) mass is 298 g/mol. The summed E-state index contributed by atoms with van der Waals surface area (Å²) in [6.07, 6.45) is -0.297. The van der Waals surface area contributed by atoms with E-state index >= 15 is 0 Å². The number of carbonyl (C=O) groups is 1. The molecule has 0 saturated carbocycles. The zero-order valence-corrected chi connectivity index (χ0v) is 11.2. The van der Waals surface area contributed by atoms with Crippen molar-refractivity contribution in [1.29, 1.82) is 0 Å². The number of hydrogen-bond acceptors (Lipinski definition) is 1. The molecule has 98 valence electrons. The maximum absolute atomic E-state index is 14.0. The lowest BCUT2D eigenvalue weighted by molar-refractivity contribution is -0.136. The van der Waals surface area contributed by atoms with Crippen molar-refractivity contribution in [1.82, 2.24) is 0 Å². The molecule has 2 aromatic carbocycles. The van der Waals surface area contributed by atoms with Gasteiger partial charge >= 0.3 is 5.97 Å². The van der Waals surface area contributed by atoms with Gasteiger partial charge in [-0.3, -0.25) is 4.79 Å². The standard InChI is InChI=1S/C14H9Cl2FO2/c15-9-4-2-5-10(16)14(9)13-8(7-12(18)19)3-1-6-11(13)17/h1-6H,7H2,(H,18,19). The van der Waals surface area contributed by atoms with Gasteiger partial charge in [-0.1, -0.05) is 41.4 Å². The second-order valence-corrected chi connectivity index (χ2v) is 4.76. The Morgan fingerprint density at radius 2 is 1.63 bits per heavy atom. The van der Waals surface area contributed by atoms with Gasteiger partial charge in [0.15, 0.2) is 0 Å². The Labute approximate surface area is 119 Å². The third-order valence-corrected chi connectivity index (χ3v) is 3.28. The van der Waals surface area contributed by atoms with E-state index in [1.165, 1.54) is 12.1 Å². The Hall–Kier alpha value is -1.58. The molecule has 0 aromatic heterocycles. The molecule has 0 radical (unpaired) electrons. The van der Waals surface area contributed by atoms with Gasteiger partial charge in [0.1, 0.15) is 5.82 Å². The average molecular weight is 299 g/mol. The molecule has 0 heterocycles. The molecule has 19 heavy (non-hydrogen) atoms. The van der Waals surface area contributed by atoms with Crippen molar-refractivity contribution in [3.63, 3.8) is 0 Å². The number of hydrogen-bond donors (Lipinski definition) is 1. The molecule has 0 amide bonds. The van der Waals surface area contributed by atoms with Crippen LogP contribution >= 0.6 is 23.2 Å². The van der Waals surface area contributed by atoms with Crippen molar-refractivity contribution in [3.8, 4) is 11.1 Å². The fraction of sp³-hybridized carbons (Fsp3) is 0.0714. The quantitative estimate of drug-likeness (QED) is 0.910. The van der Waals surface area contributed by atoms with Crippen LogP contribution in [-0.4, -0.2) is 11.1 Å².